The molecule has 0 bridgehead atoms. The van der Waals surface area contributed by atoms with Gasteiger partial charge in [0.15, 0.2) is 0 Å². The van der Waals surface area contributed by atoms with Crippen LogP contribution in [0.25, 0.3) is 0 Å². The Hall–Kier alpha value is -1.31. The summed E-state index contributed by atoms with van der Waals surface area (Å²) in [7, 11) is 0. The number of carbonyl (C=O) groups excluding carboxylic acids is 1. The molecule has 2 heteroatoms. The quantitative estimate of drug-likeness (QED) is 0.827. The molecular formula is C14H19NO. The highest BCUT2D eigenvalue weighted by Crippen LogP contribution is 2.34. The Morgan fingerprint density at radius 2 is 1.94 bits per heavy atom. The number of hydrogen-bond donors (Lipinski definition) is 1. The molecule has 16 heavy (non-hydrogen) atoms. The first-order chi connectivity index (χ1) is 7.70. The van der Waals surface area contributed by atoms with Crippen molar-refractivity contribution in [2.75, 3.05) is 6.54 Å². The van der Waals surface area contributed by atoms with E-state index in [0.717, 1.165) is 19.4 Å². The Bertz CT molecular complexity index is 382. The van der Waals surface area contributed by atoms with Crippen LogP contribution in [0.5, 0.6) is 0 Å². The molecule has 1 aliphatic rings. The average Bonchev–Trinajstić information content (AvgIpc) is 2.72. The van der Waals surface area contributed by atoms with Crippen molar-refractivity contribution in [1.29, 1.82) is 0 Å². The minimum absolute atomic E-state index is 0.0311. The van der Waals surface area contributed by atoms with Crippen LogP contribution in [0.4, 0.5) is 0 Å². The van der Waals surface area contributed by atoms with Gasteiger partial charge in [-0.05, 0) is 24.0 Å². The lowest BCUT2D eigenvalue weighted by Gasteiger charge is -2.26. The van der Waals surface area contributed by atoms with Gasteiger partial charge in [-0.25, -0.2) is 0 Å². The van der Waals surface area contributed by atoms with E-state index in [4.69, 9.17) is 0 Å². The topological polar surface area (TPSA) is 29.1 Å². The van der Waals surface area contributed by atoms with E-state index < -0.39 is 0 Å². The summed E-state index contributed by atoms with van der Waals surface area (Å²) in [6.07, 6.45) is 2.71. The van der Waals surface area contributed by atoms with Gasteiger partial charge in [-0.1, -0.05) is 38.1 Å². The van der Waals surface area contributed by atoms with Gasteiger partial charge in [0.1, 0.15) is 0 Å². The van der Waals surface area contributed by atoms with Crippen LogP contribution < -0.4 is 5.32 Å². The summed E-state index contributed by atoms with van der Waals surface area (Å²) >= 11 is 0. The van der Waals surface area contributed by atoms with Gasteiger partial charge in [-0.15, -0.1) is 0 Å². The molecule has 1 atom stereocenters. The molecule has 1 aromatic carbocycles. The van der Waals surface area contributed by atoms with Crippen LogP contribution >= 0.6 is 0 Å². The third-order valence-electron chi connectivity index (χ3n) is 3.77. The zero-order valence-corrected chi connectivity index (χ0v) is 10.0. The monoisotopic (exact) mass is 217 g/mol. The fourth-order valence-corrected chi connectivity index (χ4v) is 2.45. The summed E-state index contributed by atoms with van der Waals surface area (Å²) in [5.41, 5.74) is 2.68. The summed E-state index contributed by atoms with van der Waals surface area (Å²) in [6.45, 7) is 5.10. The Morgan fingerprint density at radius 1 is 1.25 bits per heavy atom. The summed E-state index contributed by atoms with van der Waals surface area (Å²) in [6, 6.07) is 8.72. The lowest BCUT2D eigenvalue weighted by molar-refractivity contribution is -0.119. The van der Waals surface area contributed by atoms with Crippen molar-refractivity contribution in [3.63, 3.8) is 0 Å². The maximum atomic E-state index is 11.4. The fourth-order valence-electron chi connectivity index (χ4n) is 2.45. The highest BCUT2D eigenvalue weighted by molar-refractivity contribution is 5.80. The Morgan fingerprint density at radius 3 is 2.38 bits per heavy atom. The van der Waals surface area contributed by atoms with E-state index in [2.05, 4.69) is 43.4 Å². The zero-order valence-electron chi connectivity index (χ0n) is 10.0. The largest absolute Gasteiger partial charge is 0.355 e. The van der Waals surface area contributed by atoms with Gasteiger partial charge >= 0.3 is 0 Å². The Labute approximate surface area is 97.1 Å². The van der Waals surface area contributed by atoms with Crippen LogP contribution in [0.15, 0.2) is 24.3 Å². The summed E-state index contributed by atoms with van der Waals surface area (Å²) in [5.74, 6) is 0.182. The zero-order chi connectivity index (χ0) is 11.6. The molecule has 1 aliphatic heterocycles. The van der Waals surface area contributed by atoms with Gasteiger partial charge in [0, 0.05) is 18.4 Å². The molecule has 1 N–H and O–H groups in total. The summed E-state index contributed by atoms with van der Waals surface area (Å²) in [5, 5.41) is 2.95. The van der Waals surface area contributed by atoms with Crippen molar-refractivity contribution in [3.05, 3.63) is 35.4 Å². The molecule has 2 rings (SSSR count). The average molecular weight is 217 g/mol. The van der Waals surface area contributed by atoms with Crippen molar-refractivity contribution in [2.45, 2.75) is 38.5 Å². The molecular weight excluding hydrogens is 198 g/mol. The first kappa shape index (κ1) is 11.2. The van der Waals surface area contributed by atoms with Crippen LogP contribution in [0.3, 0.4) is 0 Å². The number of nitrogens with one attached hydrogen (secondary N) is 1. The number of carbonyl (C=O) groups is 1. The van der Waals surface area contributed by atoms with Gasteiger partial charge in [0.25, 0.3) is 0 Å². The van der Waals surface area contributed by atoms with Gasteiger partial charge in [0.2, 0.25) is 5.91 Å². The van der Waals surface area contributed by atoms with E-state index in [0.29, 0.717) is 6.42 Å². The van der Waals surface area contributed by atoms with Gasteiger partial charge in [-0.2, -0.15) is 0 Å². The first-order valence-corrected chi connectivity index (χ1v) is 6.06. The Balaban J connectivity index is 2.30. The number of benzene rings is 1. The first-order valence-electron chi connectivity index (χ1n) is 6.06. The molecule has 1 heterocycles. The predicted octanol–water partition coefficient (Wildman–Crippen LogP) is 2.42. The number of aryl methyl sites for hydroxylation is 1. The van der Waals surface area contributed by atoms with Crippen LogP contribution in [0, 0.1) is 0 Å². The molecule has 0 radical (unpaired) electrons. The van der Waals surface area contributed by atoms with Crippen LogP contribution in [0.1, 0.15) is 37.8 Å². The van der Waals surface area contributed by atoms with Crippen molar-refractivity contribution >= 4 is 5.91 Å². The second-order valence-electron chi connectivity index (χ2n) is 4.64. The highest BCUT2D eigenvalue weighted by atomic mass is 16.1. The van der Waals surface area contributed by atoms with E-state index in [1.54, 1.807) is 0 Å². The number of amides is 1. The molecule has 0 aliphatic carbocycles. The maximum absolute atomic E-state index is 11.4. The van der Waals surface area contributed by atoms with Crippen LogP contribution in [-0.2, 0) is 16.6 Å². The van der Waals surface area contributed by atoms with Gasteiger partial charge < -0.3 is 5.32 Å². The van der Waals surface area contributed by atoms with E-state index in [1.807, 2.05) is 0 Å². The molecule has 1 unspecified atom stereocenters. The summed E-state index contributed by atoms with van der Waals surface area (Å²) < 4.78 is 0. The van der Waals surface area contributed by atoms with Crippen LogP contribution in [0.2, 0.25) is 0 Å². The van der Waals surface area contributed by atoms with E-state index in [1.165, 1.54) is 11.1 Å². The third kappa shape index (κ3) is 1.84. The highest BCUT2D eigenvalue weighted by Gasteiger charge is 2.38. The van der Waals surface area contributed by atoms with Crippen LogP contribution in [-0.4, -0.2) is 12.5 Å². The van der Waals surface area contributed by atoms with Crippen molar-refractivity contribution in [3.8, 4) is 0 Å². The minimum atomic E-state index is 0.0311. The van der Waals surface area contributed by atoms with E-state index in [9.17, 15) is 4.79 Å². The third-order valence-corrected chi connectivity index (χ3v) is 3.77. The second-order valence-corrected chi connectivity index (χ2v) is 4.64. The number of rotatable bonds is 3. The van der Waals surface area contributed by atoms with Crippen molar-refractivity contribution < 1.29 is 4.79 Å². The normalized spacial score (nSPS) is 24.5. The Kier molecular flexibility index (Phi) is 2.99. The smallest absolute Gasteiger partial charge is 0.220 e. The van der Waals surface area contributed by atoms with E-state index >= 15 is 0 Å². The maximum Gasteiger partial charge on any atom is 0.220 e. The molecule has 86 valence electrons. The molecule has 0 aromatic heterocycles. The number of hydrogen-bond acceptors (Lipinski definition) is 1. The summed E-state index contributed by atoms with van der Waals surface area (Å²) in [4.78, 5) is 11.4. The molecule has 1 fully saturated rings. The fraction of sp³-hybridized carbons (Fsp3) is 0.500. The van der Waals surface area contributed by atoms with Crippen molar-refractivity contribution in [2.24, 2.45) is 0 Å². The standard InChI is InChI=1S/C14H19NO/c1-3-11-5-7-12(8-6-11)14(4-2)9-13(16)15-10-14/h5-8H,3-4,9-10H2,1-2H3,(H,15,16). The van der Waals surface area contributed by atoms with E-state index in [-0.39, 0.29) is 11.3 Å². The lowest BCUT2D eigenvalue weighted by Crippen LogP contribution is -2.27. The molecule has 1 amide bonds. The molecule has 2 nitrogen and oxygen atoms in total. The van der Waals surface area contributed by atoms with Gasteiger partial charge in [0.05, 0.1) is 0 Å². The minimum Gasteiger partial charge on any atom is -0.355 e. The lowest BCUT2D eigenvalue weighted by atomic mass is 9.77. The molecule has 0 spiro atoms. The second kappa shape index (κ2) is 4.28. The predicted molar refractivity (Wildman–Crippen MR) is 65.4 cm³/mol. The SMILES string of the molecule is CCc1ccc(C2(CC)CNC(=O)C2)cc1. The molecule has 1 aromatic rings. The molecule has 1 saturated heterocycles. The molecule has 0 saturated carbocycles. The van der Waals surface area contributed by atoms with Crippen molar-refractivity contribution in [1.82, 2.24) is 5.32 Å². The van der Waals surface area contributed by atoms with Gasteiger partial charge in [-0.3, -0.25) is 4.79 Å².